The SMILES string of the molecule is O=C1C=CC2C=CC1(c1ccccc1)C=C2. The lowest BCUT2D eigenvalue weighted by Gasteiger charge is -2.26. The number of carbonyl (C=O) groups is 1. The summed E-state index contributed by atoms with van der Waals surface area (Å²) < 4.78 is 0. The fourth-order valence-corrected chi connectivity index (χ4v) is 2.32. The molecule has 4 rings (SSSR count). The first-order valence-electron chi connectivity index (χ1n) is 5.48. The first-order chi connectivity index (χ1) is 7.81. The van der Waals surface area contributed by atoms with Crippen LogP contribution in [0.15, 0.2) is 66.8 Å². The van der Waals surface area contributed by atoms with Crippen LogP contribution < -0.4 is 0 Å². The molecule has 3 aliphatic carbocycles. The maximum absolute atomic E-state index is 12.2. The van der Waals surface area contributed by atoms with Gasteiger partial charge in [-0.05, 0) is 11.6 Å². The van der Waals surface area contributed by atoms with Crippen LogP contribution in [0, 0.1) is 5.92 Å². The fourth-order valence-electron chi connectivity index (χ4n) is 2.32. The molecule has 0 fully saturated rings. The molecule has 1 aromatic carbocycles. The van der Waals surface area contributed by atoms with Crippen molar-refractivity contribution in [1.82, 2.24) is 0 Å². The second kappa shape index (κ2) is 3.31. The Bertz CT molecular complexity index is 491. The highest BCUT2D eigenvalue weighted by Gasteiger charge is 2.36. The Balaban J connectivity index is 2.20. The molecule has 1 heteroatoms. The van der Waals surface area contributed by atoms with E-state index in [2.05, 4.69) is 12.2 Å². The maximum atomic E-state index is 12.2. The quantitative estimate of drug-likeness (QED) is 0.648. The van der Waals surface area contributed by atoms with E-state index < -0.39 is 5.41 Å². The monoisotopic (exact) mass is 208 g/mol. The molecule has 0 aromatic heterocycles. The topological polar surface area (TPSA) is 17.1 Å². The van der Waals surface area contributed by atoms with E-state index in [0.29, 0.717) is 0 Å². The van der Waals surface area contributed by atoms with E-state index >= 15 is 0 Å². The minimum Gasteiger partial charge on any atom is -0.293 e. The molecule has 0 aliphatic heterocycles. The number of hydrogen-bond acceptors (Lipinski definition) is 1. The highest BCUT2D eigenvalue weighted by atomic mass is 16.1. The molecular formula is C15H12O. The second-order valence-corrected chi connectivity index (χ2v) is 4.25. The number of allylic oxidation sites excluding steroid dienone is 6. The van der Waals surface area contributed by atoms with Crippen molar-refractivity contribution in [3.63, 3.8) is 0 Å². The molecule has 1 nitrogen and oxygen atoms in total. The molecule has 0 radical (unpaired) electrons. The van der Waals surface area contributed by atoms with Crippen molar-refractivity contribution in [3.8, 4) is 0 Å². The molecule has 2 bridgehead atoms. The third-order valence-electron chi connectivity index (χ3n) is 3.29. The van der Waals surface area contributed by atoms with Crippen LogP contribution >= 0.6 is 0 Å². The van der Waals surface area contributed by atoms with Crippen LogP contribution in [-0.2, 0) is 10.2 Å². The van der Waals surface area contributed by atoms with Crippen LogP contribution in [0.5, 0.6) is 0 Å². The highest BCUT2D eigenvalue weighted by Crippen LogP contribution is 2.36. The van der Waals surface area contributed by atoms with Crippen LogP contribution in [-0.4, -0.2) is 5.78 Å². The Morgan fingerprint density at radius 2 is 1.62 bits per heavy atom. The molecule has 0 amide bonds. The van der Waals surface area contributed by atoms with Gasteiger partial charge >= 0.3 is 0 Å². The average Bonchev–Trinajstić information content (AvgIpc) is 2.62. The zero-order valence-corrected chi connectivity index (χ0v) is 8.84. The molecule has 0 N–H and O–H groups in total. The molecule has 78 valence electrons. The van der Waals surface area contributed by atoms with E-state index in [9.17, 15) is 4.79 Å². The number of benzene rings is 1. The van der Waals surface area contributed by atoms with E-state index in [1.807, 2.05) is 48.6 Å². The van der Waals surface area contributed by atoms with Gasteiger partial charge in [-0.1, -0.05) is 60.7 Å². The van der Waals surface area contributed by atoms with Gasteiger partial charge in [0.2, 0.25) is 0 Å². The van der Waals surface area contributed by atoms with Gasteiger partial charge in [-0.2, -0.15) is 0 Å². The van der Waals surface area contributed by atoms with Gasteiger partial charge in [0.05, 0.1) is 5.41 Å². The largest absolute Gasteiger partial charge is 0.293 e. The lowest BCUT2D eigenvalue weighted by molar-refractivity contribution is -0.117. The van der Waals surface area contributed by atoms with E-state index in [0.717, 1.165) is 5.56 Å². The van der Waals surface area contributed by atoms with Gasteiger partial charge in [0.15, 0.2) is 5.78 Å². The van der Waals surface area contributed by atoms with E-state index in [-0.39, 0.29) is 11.7 Å². The Morgan fingerprint density at radius 1 is 0.938 bits per heavy atom. The third-order valence-corrected chi connectivity index (χ3v) is 3.29. The maximum Gasteiger partial charge on any atom is 0.173 e. The molecule has 16 heavy (non-hydrogen) atoms. The van der Waals surface area contributed by atoms with Crippen LogP contribution in [0.2, 0.25) is 0 Å². The Hall–Kier alpha value is -1.89. The molecule has 0 saturated carbocycles. The molecule has 0 saturated heterocycles. The zero-order valence-electron chi connectivity index (χ0n) is 8.84. The van der Waals surface area contributed by atoms with Crippen LogP contribution in [0.3, 0.4) is 0 Å². The molecule has 0 heterocycles. The van der Waals surface area contributed by atoms with Crippen molar-refractivity contribution >= 4 is 5.78 Å². The number of ketones is 1. The summed E-state index contributed by atoms with van der Waals surface area (Å²) in [5.41, 5.74) is 0.475. The standard InChI is InChI=1S/C15H12O/c16-14-7-6-12-8-10-15(14,11-9-12)13-4-2-1-3-5-13/h1-12H. The van der Waals surface area contributed by atoms with Crippen molar-refractivity contribution in [2.75, 3.05) is 0 Å². The summed E-state index contributed by atoms with van der Waals surface area (Å²) in [7, 11) is 0. The normalized spacial score (nSPS) is 30.8. The van der Waals surface area contributed by atoms with Gasteiger partial charge in [0, 0.05) is 5.92 Å². The lowest BCUT2D eigenvalue weighted by Crippen LogP contribution is -2.30. The Labute approximate surface area is 94.8 Å². The van der Waals surface area contributed by atoms with Crippen LogP contribution in [0.1, 0.15) is 5.56 Å². The number of hydrogen-bond donors (Lipinski definition) is 0. The fraction of sp³-hybridized carbons (Fsp3) is 0.133. The minimum atomic E-state index is -0.565. The van der Waals surface area contributed by atoms with E-state index in [1.165, 1.54) is 0 Å². The number of carbonyl (C=O) groups excluding carboxylic acids is 1. The predicted molar refractivity (Wildman–Crippen MR) is 64.0 cm³/mol. The number of rotatable bonds is 1. The molecule has 0 atom stereocenters. The van der Waals surface area contributed by atoms with Crippen molar-refractivity contribution in [3.05, 3.63) is 72.4 Å². The Morgan fingerprint density at radius 3 is 2.31 bits per heavy atom. The van der Waals surface area contributed by atoms with Gasteiger partial charge in [-0.25, -0.2) is 0 Å². The van der Waals surface area contributed by atoms with Gasteiger partial charge < -0.3 is 0 Å². The smallest absolute Gasteiger partial charge is 0.173 e. The summed E-state index contributed by atoms with van der Waals surface area (Å²) in [5.74, 6) is 0.425. The third kappa shape index (κ3) is 1.21. The molecule has 0 unspecified atom stereocenters. The lowest BCUT2D eigenvalue weighted by atomic mass is 9.74. The second-order valence-electron chi connectivity index (χ2n) is 4.25. The van der Waals surface area contributed by atoms with Crippen LogP contribution in [0.4, 0.5) is 0 Å². The number of fused-ring (bicyclic) bond motifs is 1. The van der Waals surface area contributed by atoms with E-state index in [1.54, 1.807) is 6.08 Å². The molecule has 3 aliphatic rings. The first kappa shape index (κ1) is 9.34. The summed E-state index contributed by atoms with van der Waals surface area (Å²) in [6, 6.07) is 9.92. The van der Waals surface area contributed by atoms with Crippen LogP contribution in [0.25, 0.3) is 0 Å². The summed E-state index contributed by atoms with van der Waals surface area (Å²) in [4.78, 5) is 12.2. The first-order valence-corrected chi connectivity index (χ1v) is 5.48. The van der Waals surface area contributed by atoms with E-state index in [4.69, 9.17) is 0 Å². The van der Waals surface area contributed by atoms with Crippen molar-refractivity contribution in [2.45, 2.75) is 5.41 Å². The van der Waals surface area contributed by atoms with Gasteiger partial charge in [-0.3, -0.25) is 4.79 Å². The summed E-state index contributed by atoms with van der Waals surface area (Å²) in [6.45, 7) is 0. The zero-order chi connectivity index (χ0) is 11.0. The highest BCUT2D eigenvalue weighted by molar-refractivity contribution is 6.03. The van der Waals surface area contributed by atoms with Crippen molar-refractivity contribution in [2.24, 2.45) is 5.92 Å². The molecule has 1 aromatic rings. The Kier molecular flexibility index (Phi) is 1.93. The van der Waals surface area contributed by atoms with Crippen molar-refractivity contribution < 1.29 is 4.79 Å². The van der Waals surface area contributed by atoms with Crippen molar-refractivity contribution in [1.29, 1.82) is 0 Å². The summed E-state index contributed by atoms with van der Waals surface area (Å²) in [5, 5.41) is 0. The van der Waals surface area contributed by atoms with Gasteiger partial charge in [-0.15, -0.1) is 0 Å². The molecule has 0 spiro atoms. The summed E-state index contributed by atoms with van der Waals surface area (Å²) in [6.07, 6.45) is 11.9. The predicted octanol–water partition coefficient (Wildman–Crippen LogP) is 2.81. The average molecular weight is 208 g/mol. The van der Waals surface area contributed by atoms with Gasteiger partial charge in [0.1, 0.15) is 0 Å². The van der Waals surface area contributed by atoms with Gasteiger partial charge in [0.25, 0.3) is 0 Å². The minimum absolute atomic E-state index is 0.145. The summed E-state index contributed by atoms with van der Waals surface area (Å²) >= 11 is 0. The molecular weight excluding hydrogens is 196 g/mol.